The Morgan fingerprint density at radius 3 is 2.23 bits per heavy atom. The van der Waals surface area contributed by atoms with Crippen LogP contribution in [0.3, 0.4) is 0 Å². The Morgan fingerprint density at radius 2 is 1.69 bits per heavy atom. The van der Waals surface area contributed by atoms with Gasteiger partial charge in [0.05, 0.1) is 0 Å². The van der Waals surface area contributed by atoms with E-state index in [1.165, 1.54) is 11.8 Å². The van der Waals surface area contributed by atoms with E-state index in [9.17, 15) is 12.9 Å². The van der Waals surface area contributed by atoms with E-state index in [0.29, 0.717) is 0 Å². The monoisotopic (exact) mass is 205 g/mol. The average Bonchev–Trinajstić information content (AvgIpc) is 2.04. The Kier molecular flexibility index (Phi) is 3.72. The zero-order valence-electron chi connectivity index (χ0n) is 6.92. The van der Waals surface area contributed by atoms with Crippen molar-refractivity contribution in [1.82, 2.24) is 0 Å². The first-order valence-corrected chi connectivity index (χ1v) is 4.95. The molecule has 0 radical (unpaired) electrons. The molecule has 0 atom stereocenters. The highest BCUT2D eigenvalue weighted by molar-refractivity contribution is 7.99. The van der Waals surface area contributed by atoms with Crippen molar-refractivity contribution in [2.45, 2.75) is 11.2 Å². The topological polar surface area (TPSA) is 0 Å². The zero-order valence-corrected chi connectivity index (χ0v) is 7.74. The molecule has 1 rings (SSSR count). The molecule has 0 spiro atoms. The molecule has 0 saturated carbocycles. The Hall–Kier alpha value is -0.575. The van der Waals surface area contributed by atoms with Crippen molar-refractivity contribution >= 4 is 18.7 Å². The van der Waals surface area contributed by atoms with Gasteiger partial charge in [-0.15, -0.1) is 11.8 Å². The molecule has 0 nitrogen and oxygen atoms in total. The summed E-state index contributed by atoms with van der Waals surface area (Å²) in [7, 11) is 0. The second-order valence-corrected chi connectivity index (χ2v) is 3.83. The number of rotatable bonds is 4. The lowest BCUT2D eigenvalue weighted by atomic mass is 9.88. The van der Waals surface area contributed by atoms with Crippen molar-refractivity contribution in [3.63, 3.8) is 0 Å². The Labute approximate surface area is 79.6 Å². The van der Waals surface area contributed by atoms with Gasteiger partial charge >= 0.3 is 6.98 Å². The minimum atomic E-state index is -4.62. The summed E-state index contributed by atoms with van der Waals surface area (Å²) in [6, 6.07) is 9.11. The summed E-state index contributed by atoms with van der Waals surface area (Å²) in [5, 5.41) is 0. The number of halogens is 3. The SMILES string of the molecule is F[B-](F)(F)CCSc1ccccc1. The molecule has 0 amide bonds. The third kappa shape index (κ3) is 4.88. The lowest BCUT2D eigenvalue weighted by Crippen LogP contribution is -2.14. The number of thioether (sulfide) groups is 1. The van der Waals surface area contributed by atoms with Gasteiger partial charge in [-0.2, -0.15) is 0 Å². The van der Waals surface area contributed by atoms with Gasteiger partial charge in [0, 0.05) is 4.90 Å². The summed E-state index contributed by atoms with van der Waals surface area (Å²) in [6.07, 6.45) is -0.667. The molecule has 0 aromatic heterocycles. The lowest BCUT2D eigenvalue weighted by molar-refractivity contribution is 0.473. The minimum Gasteiger partial charge on any atom is -0.449 e. The van der Waals surface area contributed by atoms with Crippen LogP contribution < -0.4 is 0 Å². The predicted octanol–water partition coefficient (Wildman–Crippen LogP) is 3.63. The molecule has 1 aromatic carbocycles. The summed E-state index contributed by atoms with van der Waals surface area (Å²) in [5.41, 5.74) is 0. The molecule has 0 fully saturated rings. The van der Waals surface area contributed by atoms with Gasteiger partial charge in [-0.25, -0.2) is 0 Å². The third-order valence-electron chi connectivity index (χ3n) is 1.46. The lowest BCUT2D eigenvalue weighted by Gasteiger charge is -2.12. The fourth-order valence-electron chi connectivity index (χ4n) is 0.827. The number of benzene rings is 1. The van der Waals surface area contributed by atoms with E-state index in [2.05, 4.69) is 0 Å². The predicted molar refractivity (Wildman–Crippen MR) is 51.1 cm³/mol. The van der Waals surface area contributed by atoms with Crippen LogP contribution in [0.25, 0.3) is 0 Å². The van der Waals surface area contributed by atoms with Gasteiger partial charge in [-0.1, -0.05) is 24.5 Å². The van der Waals surface area contributed by atoms with E-state index in [4.69, 9.17) is 0 Å². The van der Waals surface area contributed by atoms with Gasteiger partial charge in [0.15, 0.2) is 0 Å². The van der Waals surface area contributed by atoms with E-state index in [0.717, 1.165) is 4.90 Å². The molecule has 0 N–H and O–H groups in total. The summed E-state index contributed by atoms with van der Waals surface area (Å²) >= 11 is 1.24. The van der Waals surface area contributed by atoms with E-state index < -0.39 is 13.3 Å². The van der Waals surface area contributed by atoms with Crippen molar-refractivity contribution in [2.24, 2.45) is 0 Å². The van der Waals surface area contributed by atoms with Crippen molar-refractivity contribution in [2.75, 3.05) is 5.75 Å². The summed E-state index contributed by atoms with van der Waals surface area (Å²) < 4.78 is 35.4. The molecule has 0 saturated heterocycles. The first kappa shape index (κ1) is 10.5. The van der Waals surface area contributed by atoms with E-state index in [1.54, 1.807) is 0 Å². The highest BCUT2D eigenvalue weighted by Gasteiger charge is 2.21. The Balaban J connectivity index is 2.29. The van der Waals surface area contributed by atoms with Gasteiger partial charge in [0.25, 0.3) is 0 Å². The van der Waals surface area contributed by atoms with E-state index in [1.807, 2.05) is 30.3 Å². The molecule has 5 heteroatoms. The van der Waals surface area contributed by atoms with Crippen LogP contribution in [0, 0.1) is 0 Å². The highest BCUT2D eigenvalue weighted by atomic mass is 32.2. The normalized spacial score (nSPS) is 11.6. The van der Waals surface area contributed by atoms with Crippen LogP contribution in [0.15, 0.2) is 35.2 Å². The Bertz CT molecular complexity index is 247. The summed E-state index contributed by atoms with van der Waals surface area (Å²) in [6.45, 7) is -4.62. The first-order valence-electron chi connectivity index (χ1n) is 3.97. The van der Waals surface area contributed by atoms with Gasteiger partial charge < -0.3 is 12.9 Å². The van der Waals surface area contributed by atoms with Crippen molar-refractivity contribution in [3.05, 3.63) is 30.3 Å². The van der Waals surface area contributed by atoms with Crippen molar-refractivity contribution in [3.8, 4) is 0 Å². The number of hydrogen-bond donors (Lipinski definition) is 0. The molecule has 0 bridgehead atoms. The van der Waals surface area contributed by atoms with Crippen LogP contribution in [-0.2, 0) is 0 Å². The third-order valence-corrected chi connectivity index (χ3v) is 2.50. The van der Waals surface area contributed by atoms with Crippen LogP contribution in [0.1, 0.15) is 0 Å². The maximum absolute atomic E-state index is 11.8. The summed E-state index contributed by atoms with van der Waals surface area (Å²) in [4.78, 5) is 0.891. The van der Waals surface area contributed by atoms with E-state index >= 15 is 0 Å². The Morgan fingerprint density at radius 1 is 1.08 bits per heavy atom. The molecular formula is C8H9BF3S-. The molecule has 0 aliphatic rings. The second kappa shape index (κ2) is 4.60. The number of hydrogen-bond acceptors (Lipinski definition) is 1. The maximum Gasteiger partial charge on any atom is 0.479 e. The first-order chi connectivity index (χ1) is 6.08. The quantitative estimate of drug-likeness (QED) is 0.534. The van der Waals surface area contributed by atoms with Gasteiger partial charge in [0.2, 0.25) is 0 Å². The molecule has 0 unspecified atom stereocenters. The van der Waals surface area contributed by atoms with Crippen molar-refractivity contribution in [1.29, 1.82) is 0 Å². The van der Waals surface area contributed by atoms with Crippen molar-refractivity contribution < 1.29 is 12.9 Å². The fourth-order valence-corrected chi connectivity index (χ4v) is 1.80. The maximum atomic E-state index is 11.8. The zero-order chi connectivity index (χ0) is 9.73. The molecule has 13 heavy (non-hydrogen) atoms. The minimum absolute atomic E-state index is 0.119. The second-order valence-electron chi connectivity index (χ2n) is 2.66. The van der Waals surface area contributed by atoms with Gasteiger partial charge in [0.1, 0.15) is 0 Å². The summed E-state index contributed by atoms with van der Waals surface area (Å²) in [5.74, 6) is 0.119. The van der Waals surface area contributed by atoms with Crippen LogP contribution in [0.2, 0.25) is 6.32 Å². The molecular weight excluding hydrogens is 196 g/mol. The molecule has 72 valence electrons. The molecule has 0 aliphatic heterocycles. The molecule has 0 aliphatic carbocycles. The van der Waals surface area contributed by atoms with Crippen LogP contribution in [0.5, 0.6) is 0 Å². The fraction of sp³-hybridized carbons (Fsp3) is 0.250. The van der Waals surface area contributed by atoms with Gasteiger partial charge in [-0.05, 0) is 17.9 Å². The largest absolute Gasteiger partial charge is 0.479 e. The standard InChI is InChI=1S/C8H9BF3S/c10-9(11,12)6-7-13-8-4-2-1-3-5-8/h1-5H,6-7H2/q-1. The smallest absolute Gasteiger partial charge is 0.449 e. The van der Waals surface area contributed by atoms with E-state index in [-0.39, 0.29) is 5.75 Å². The molecule has 0 heterocycles. The average molecular weight is 205 g/mol. The van der Waals surface area contributed by atoms with Gasteiger partial charge in [-0.3, -0.25) is 0 Å². The highest BCUT2D eigenvalue weighted by Crippen LogP contribution is 2.23. The van der Waals surface area contributed by atoms with Crippen LogP contribution >= 0.6 is 11.8 Å². The van der Waals surface area contributed by atoms with Crippen LogP contribution in [0.4, 0.5) is 12.9 Å². The van der Waals surface area contributed by atoms with Crippen LogP contribution in [-0.4, -0.2) is 12.7 Å². The molecule has 1 aromatic rings.